The molecule has 1 fully saturated rings. The van der Waals surface area contributed by atoms with Crippen molar-refractivity contribution < 1.29 is 9.53 Å². The number of carbonyl (C=O) groups excluding carboxylic acids is 1. The van der Waals surface area contributed by atoms with Crippen molar-refractivity contribution in [3.8, 4) is 0 Å². The molecule has 4 heteroatoms. The molecule has 1 amide bonds. The molecule has 0 saturated heterocycles. The van der Waals surface area contributed by atoms with Gasteiger partial charge in [-0.25, -0.2) is 0 Å². The highest BCUT2D eigenvalue weighted by atomic mass is 16.5. The Labute approximate surface area is 120 Å². The molecule has 1 saturated carbocycles. The molecule has 1 unspecified atom stereocenters. The fraction of sp³-hybridized carbons (Fsp3) is 0.562. The summed E-state index contributed by atoms with van der Waals surface area (Å²) in [6, 6.07) is 8.89. The summed E-state index contributed by atoms with van der Waals surface area (Å²) >= 11 is 0. The molecule has 4 nitrogen and oxygen atoms in total. The van der Waals surface area contributed by atoms with Crippen LogP contribution in [0.5, 0.6) is 0 Å². The van der Waals surface area contributed by atoms with Crippen LogP contribution in [0.15, 0.2) is 30.3 Å². The van der Waals surface area contributed by atoms with Crippen molar-refractivity contribution in [2.45, 2.75) is 31.7 Å². The van der Waals surface area contributed by atoms with Crippen LogP contribution in [0.25, 0.3) is 0 Å². The molecule has 0 aliphatic heterocycles. The summed E-state index contributed by atoms with van der Waals surface area (Å²) < 4.78 is 5.16. The van der Waals surface area contributed by atoms with E-state index in [-0.39, 0.29) is 11.3 Å². The summed E-state index contributed by atoms with van der Waals surface area (Å²) in [7, 11) is 1.72. The molecular weight excluding hydrogens is 252 g/mol. The standard InChI is InChI=1S/C16H24N2O2/c1-20-11-10-16(8-5-9-16)12-18-15(19)14(17)13-6-3-2-4-7-13/h2-4,6-7,14H,5,8-12,17H2,1H3,(H,18,19). The molecule has 20 heavy (non-hydrogen) atoms. The number of ether oxygens (including phenoxy) is 1. The molecule has 0 aromatic heterocycles. The number of hydrogen-bond acceptors (Lipinski definition) is 3. The first kappa shape index (κ1) is 15.0. The van der Waals surface area contributed by atoms with Crippen molar-refractivity contribution in [3.05, 3.63) is 35.9 Å². The largest absolute Gasteiger partial charge is 0.385 e. The average Bonchev–Trinajstić information content (AvgIpc) is 2.45. The van der Waals surface area contributed by atoms with Gasteiger partial charge in [0.2, 0.25) is 5.91 Å². The van der Waals surface area contributed by atoms with Gasteiger partial charge in [-0.1, -0.05) is 36.8 Å². The summed E-state index contributed by atoms with van der Waals surface area (Å²) in [6.07, 6.45) is 4.57. The minimum Gasteiger partial charge on any atom is -0.385 e. The van der Waals surface area contributed by atoms with Crippen LogP contribution in [-0.2, 0) is 9.53 Å². The predicted molar refractivity (Wildman–Crippen MR) is 79.2 cm³/mol. The number of amides is 1. The topological polar surface area (TPSA) is 64.3 Å². The van der Waals surface area contributed by atoms with Crippen LogP contribution in [0.2, 0.25) is 0 Å². The monoisotopic (exact) mass is 276 g/mol. The first-order chi connectivity index (χ1) is 9.67. The zero-order valence-corrected chi connectivity index (χ0v) is 12.1. The second-order valence-electron chi connectivity index (χ2n) is 5.70. The number of carbonyl (C=O) groups is 1. The van der Waals surface area contributed by atoms with E-state index in [1.165, 1.54) is 6.42 Å². The number of benzene rings is 1. The predicted octanol–water partition coefficient (Wildman–Crippen LogP) is 2.01. The van der Waals surface area contributed by atoms with E-state index in [0.717, 1.165) is 31.4 Å². The Hall–Kier alpha value is -1.39. The molecule has 0 heterocycles. The van der Waals surface area contributed by atoms with Crippen molar-refractivity contribution >= 4 is 5.91 Å². The van der Waals surface area contributed by atoms with Gasteiger partial charge in [0, 0.05) is 20.3 Å². The Balaban J connectivity index is 1.85. The lowest BCUT2D eigenvalue weighted by Crippen LogP contribution is -2.45. The molecular formula is C16H24N2O2. The van der Waals surface area contributed by atoms with Crippen LogP contribution in [0, 0.1) is 5.41 Å². The highest BCUT2D eigenvalue weighted by molar-refractivity contribution is 5.82. The fourth-order valence-electron chi connectivity index (χ4n) is 2.71. The van der Waals surface area contributed by atoms with E-state index < -0.39 is 6.04 Å². The number of hydrogen-bond donors (Lipinski definition) is 2. The zero-order valence-electron chi connectivity index (χ0n) is 12.1. The Morgan fingerprint density at radius 3 is 2.65 bits per heavy atom. The molecule has 1 aromatic carbocycles. The van der Waals surface area contributed by atoms with Crippen molar-refractivity contribution in [2.75, 3.05) is 20.3 Å². The second-order valence-corrected chi connectivity index (χ2v) is 5.70. The van der Waals surface area contributed by atoms with Crippen LogP contribution in [0.4, 0.5) is 0 Å². The van der Waals surface area contributed by atoms with E-state index in [4.69, 9.17) is 10.5 Å². The molecule has 0 bridgehead atoms. The number of rotatable bonds is 7. The Morgan fingerprint density at radius 2 is 2.10 bits per heavy atom. The van der Waals surface area contributed by atoms with Gasteiger partial charge in [-0.2, -0.15) is 0 Å². The van der Waals surface area contributed by atoms with Gasteiger partial charge in [-0.3, -0.25) is 4.79 Å². The van der Waals surface area contributed by atoms with Crippen LogP contribution in [0.1, 0.15) is 37.3 Å². The van der Waals surface area contributed by atoms with Gasteiger partial charge in [0.25, 0.3) is 0 Å². The highest BCUT2D eigenvalue weighted by Gasteiger charge is 2.37. The number of methoxy groups -OCH3 is 1. The lowest BCUT2D eigenvalue weighted by Gasteiger charge is -2.42. The summed E-state index contributed by atoms with van der Waals surface area (Å²) in [5, 5.41) is 3.01. The minimum absolute atomic E-state index is 0.0973. The summed E-state index contributed by atoms with van der Waals surface area (Å²) in [5.41, 5.74) is 7.07. The molecule has 1 aromatic rings. The maximum absolute atomic E-state index is 12.1. The first-order valence-corrected chi connectivity index (χ1v) is 7.24. The Morgan fingerprint density at radius 1 is 1.40 bits per heavy atom. The van der Waals surface area contributed by atoms with Gasteiger partial charge >= 0.3 is 0 Å². The van der Waals surface area contributed by atoms with E-state index in [2.05, 4.69) is 5.32 Å². The van der Waals surface area contributed by atoms with Gasteiger partial charge in [-0.15, -0.1) is 0 Å². The SMILES string of the molecule is COCCC1(CNC(=O)C(N)c2ccccc2)CCC1. The quantitative estimate of drug-likeness (QED) is 0.800. The minimum atomic E-state index is -0.587. The number of nitrogens with one attached hydrogen (secondary N) is 1. The maximum atomic E-state index is 12.1. The van der Waals surface area contributed by atoms with Crippen LogP contribution in [-0.4, -0.2) is 26.2 Å². The Kier molecular flexibility index (Phi) is 5.15. The highest BCUT2D eigenvalue weighted by Crippen LogP contribution is 2.43. The summed E-state index contributed by atoms with van der Waals surface area (Å²) in [4.78, 5) is 12.1. The van der Waals surface area contributed by atoms with Crippen LogP contribution < -0.4 is 11.1 Å². The number of nitrogens with two attached hydrogens (primary N) is 1. The molecule has 110 valence electrons. The molecule has 2 rings (SSSR count). The Bertz CT molecular complexity index is 429. The van der Waals surface area contributed by atoms with E-state index in [9.17, 15) is 4.79 Å². The average molecular weight is 276 g/mol. The lowest BCUT2D eigenvalue weighted by atomic mass is 9.66. The van der Waals surface area contributed by atoms with Gasteiger partial charge in [0.1, 0.15) is 6.04 Å². The molecule has 3 N–H and O–H groups in total. The van der Waals surface area contributed by atoms with Gasteiger partial charge < -0.3 is 15.8 Å². The second kappa shape index (κ2) is 6.86. The summed E-state index contributed by atoms with van der Waals surface area (Å²) in [6.45, 7) is 1.45. The smallest absolute Gasteiger partial charge is 0.241 e. The molecule has 0 spiro atoms. The summed E-state index contributed by atoms with van der Waals surface area (Å²) in [5.74, 6) is -0.0973. The van der Waals surface area contributed by atoms with Crippen LogP contribution >= 0.6 is 0 Å². The van der Waals surface area contributed by atoms with E-state index in [1.807, 2.05) is 30.3 Å². The van der Waals surface area contributed by atoms with E-state index >= 15 is 0 Å². The molecule has 1 aliphatic rings. The van der Waals surface area contributed by atoms with Gasteiger partial charge in [0.05, 0.1) is 0 Å². The van der Waals surface area contributed by atoms with Crippen molar-refractivity contribution in [1.29, 1.82) is 0 Å². The molecule has 1 aliphatic carbocycles. The van der Waals surface area contributed by atoms with E-state index in [0.29, 0.717) is 6.54 Å². The normalized spacial score (nSPS) is 18.1. The third-order valence-corrected chi connectivity index (χ3v) is 4.33. The molecule has 0 radical (unpaired) electrons. The lowest BCUT2D eigenvalue weighted by molar-refractivity contribution is -0.123. The third kappa shape index (κ3) is 3.58. The van der Waals surface area contributed by atoms with Gasteiger partial charge in [-0.05, 0) is 30.2 Å². The van der Waals surface area contributed by atoms with Crippen molar-refractivity contribution in [1.82, 2.24) is 5.32 Å². The van der Waals surface area contributed by atoms with Crippen molar-refractivity contribution in [2.24, 2.45) is 11.1 Å². The van der Waals surface area contributed by atoms with E-state index in [1.54, 1.807) is 7.11 Å². The van der Waals surface area contributed by atoms with Crippen LogP contribution in [0.3, 0.4) is 0 Å². The van der Waals surface area contributed by atoms with Gasteiger partial charge in [0.15, 0.2) is 0 Å². The fourth-order valence-corrected chi connectivity index (χ4v) is 2.71. The van der Waals surface area contributed by atoms with Crippen molar-refractivity contribution in [3.63, 3.8) is 0 Å². The first-order valence-electron chi connectivity index (χ1n) is 7.24. The zero-order chi connectivity index (χ0) is 14.4. The third-order valence-electron chi connectivity index (χ3n) is 4.33. The molecule has 1 atom stereocenters. The maximum Gasteiger partial charge on any atom is 0.241 e.